The third-order valence-corrected chi connectivity index (χ3v) is 3.68. The fourth-order valence-electron chi connectivity index (χ4n) is 2.45. The van der Waals surface area contributed by atoms with Gasteiger partial charge in [-0.15, -0.1) is 0 Å². The Kier molecular flexibility index (Phi) is 4.55. The molecule has 0 saturated heterocycles. The Bertz CT molecular complexity index is 751. The van der Waals surface area contributed by atoms with Crippen LogP contribution in [0.3, 0.4) is 0 Å². The molecule has 0 atom stereocenters. The summed E-state index contributed by atoms with van der Waals surface area (Å²) >= 11 is 0. The van der Waals surface area contributed by atoms with Gasteiger partial charge in [0.15, 0.2) is 12.4 Å². The fourth-order valence-corrected chi connectivity index (χ4v) is 2.45. The molecule has 1 aromatic heterocycles. The lowest BCUT2D eigenvalue weighted by Gasteiger charge is -2.28. The average molecular weight is 328 g/mol. The Hall–Kier alpha value is -2.76. The Balaban J connectivity index is 1.73. The van der Waals surface area contributed by atoms with Gasteiger partial charge in [-0.05, 0) is 30.2 Å². The van der Waals surface area contributed by atoms with Crippen LogP contribution in [-0.2, 0) is 11.3 Å². The summed E-state index contributed by atoms with van der Waals surface area (Å²) in [5.74, 6) is 1.44. The summed E-state index contributed by atoms with van der Waals surface area (Å²) < 4.78 is 11.0. The first-order chi connectivity index (χ1) is 11.5. The predicted octanol–water partition coefficient (Wildman–Crippen LogP) is 2.59. The van der Waals surface area contributed by atoms with Gasteiger partial charge in [0.05, 0.1) is 12.2 Å². The van der Waals surface area contributed by atoms with Gasteiger partial charge in [0, 0.05) is 6.54 Å². The second kappa shape index (κ2) is 6.78. The highest BCUT2D eigenvalue weighted by Gasteiger charge is 2.26. The molecule has 1 aliphatic heterocycles. The second-order valence-electron chi connectivity index (χ2n) is 6.11. The van der Waals surface area contributed by atoms with E-state index in [0.29, 0.717) is 29.7 Å². The van der Waals surface area contributed by atoms with Crippen molar-refractivity contribution in [1.29, 1.82) is 0 Å². The molecule has 2 aromatic rings. The lowest BCUT2D eigenvalue weighted by atomic mass is 10.2. The minimum Gasteiger partial charge on any atom is -0.482 e. The van der Waals surface area contributed by atoms with Crippen LogP contribution < -0.4 is 15.0 Å². The van der Waals surface area contributed by atoms with Crippen LogP contribution in [0.4, 0.5) is 5.69 Å². The van der Waals surface area contributed by atoms with Crippen molar-refractivity contribution in [2.24, 2.45) is 5.92 Å². The number of anilines is 1. The van der Waals surface area contributed by atoms with Gasteiger partial charge in [0.1, 0.15) is 11.5 Å². The van der Waals surface area contributed by atoms with Crippen LogP contribution in [0.15, 0.2) is 40.8 Å². The number of amides is 2. The number of hydrogen-bond donors (Lipinski definition) is 1. The summed E-state index contributed by atoms with van der Waals surface area (Å²) in [5.41, 5.74) is 0.705. The third-order valence-electron chi connectivity index (χ3n) is 3.68. The van der Waals surface area contributed by atoms with Crippen LogP contribution in [0.2, 0.25) is 0 Å². The number of nitrogens with zero attached hydrogens (tertiary/aromatic N) is 1. The van der Waals surface area contributed by atoms with E-state index in [1.54, 1.807) is 17.0 Å². The van der Waals surface area contributed by atoms with Gasteiger partial charge < -0.3 is 14.5 Å². The van der Waals surface area contributed by atoms with Gasteiger partial charge in [-0.3, -0.25) is 14.5 Å². The molecule has 3 rings (SSSR count). The molecule has 6 nitrogen and oxygen atoms in total. The highest BCUT2D eigenvalue weighted by Crippen LogP contribution is 2.32. The lowest BCUT2D eigenvalue weighted by molar-refractivity contribution is -0.121. The van der Waals surface area contributed by atoms with E-state index < -0.39 is 0 Å². The van der Waals surface area contributed by atoms with E-state index in [9.17, 15) is 9.59 Å². The number of benzene rings is 1. The number of furan rings is 1. The second-order valence-corrected chi connectivity index (χ2v) is 6.11. The molecule has 0 aliphatic carbocycles. The topological polar surface area (TPSA) is 71.8 Å². The Morgan fingerprint density at radius 1 is 1.25 bits per heavy atom. The summed E-state index contributed by atoms with van der Waals surface area (Å²) in [6.45, 7) is 4.89. The molecule has 0 radical (unpaired) electrons. The van der Waals surface area contributed by atoms with Crippen molar-refractivity contribution in [2.75, 3.05) is 18.1 Å². The first-order valence-electron chi connectivity index (χ1n) is 7.93. The van der Waals surface area contributed by atoms with E-state index in [0.717, 1.165) is 0 Å². The Morgan fingerprint density at radius 3 is 2.83 bits per heavy atom. The average Bonchev–Trinajstić information content (AvgIpc) is 3.04. The minimum atomic E-state index is -0.247. The molecule has 126 valence electrons. The quantitative estimate of drug-likeness (QED) is 0.916. The maximum absolute atomic E-state index is 12.2. The molecule has 0 bridgehead atoms. The number of carbonyl (C=O) groups is 2. The molecule has 1 aromatic carbocycles. The number of carbonyl (C=O) groups excluding carboxylic acids is 2. The van der Waals surface area contributed by atoms with E-state index in [-0.39, 0.29) is 30.7 Å². The van der Waals surface area contributed by atoms with Gasteiger partial charge in [-0.25, -0.2) is 0 Å². The van der Waals surface area contributed by atoms with Crippen molar-refractivity contribution >= 4 is 17.5 Å². The molecule has 2 heterocycles. The number of fused-ring (bicyclic) bond motifs is 1. The fraction of sp³-hybridized carbons (Fsp3) is 0.333. The SMILES string of the molecule is CC(C)CNC(=O)c1ccc(CN2C(=O)COc3ccccc32)o1. The zero-order valence-corrected chi connectivity index (χ0v) is 13.7. The molecule has 0 spiro atoms. The van der Waals surface area contributed by atoms with E-state index in [1.165, 1.54) is 0 Å². The molecule has 2 amide bonds. The van der Waals surface area contributed by atoms with Gasteiger partial charge in [-0.2, -0.15) is 0 Å². The van der Waals surface area contributed by atoms with Crippen molar-refractivity contribution in [3.8, 4) is 5.75 Å². The number of nitrogens with one attached hydrogen (secondary N) is 1. The van der Waals surface area contributed by atoms with Crippen LogP contribution >= 0.6 is 0 Å². The number of rotatable bonds is 5. The first-order valence-corrected chi connectivity index (χ1v) is 7.93. The van der Waals surface area contributed by atoms with Gasteiger partial charge >= 0.3 is 0 Å². The van der Waals surface area contributed by atoms with Crippen LogP contribution in [-0.4, -0.2) is 25.0 Å². The van der Waals surface area contributed by atoms with Crippen molar-refractivity contribution in [1.82, 2.24) is 5.32 Å². The number of hydrogen-bond acceptors (Lipinski definition) is 4. The highest BCUT2D eigenvalue weighted by atomic mass is 16.5. The smallest absolute Gasteiger partial charge is 0.287 e. The molecule has 1 N–H and O–H groups in total. The van der Waals surface area contributed by atoms with Crippen LogP contribution in [0.1, 0.15) is 30.2 Å². The largest absolute Gasteiger partial charge is 0.482 e. The van der Waals surface area contributed by atoms with E-state index in [4.69, 9.17) is 9.15 Å². The summed E-state index contributed by atoms with van der Waals surface area (Å²) in [6, 6.07) is 10.7. The maximum atomic E-state index is 12.2. The Morgan fingerprint density at radius 2 is 2.04 bits per heavy atom. The summed E-state index contributed by atoms with van der Waals surface area (Å²) in [5, 5.41) is 2.81. The zero-order chi connectivity index (χ0) is 17.1. The van der Waals surface area contributed by atoms with Gasteiger partial charge in [0.2, 0.25) is 0 Å². The lowest BCUT2D eigenvalue weighted by Crippen LogP contribution is -2.38. The third kappa shape index (κ3) is 3.42. The molecule has 1 aliphatic rings. The summed E-state index contributed by atoms with van der Waals surface area (Å²) in [6.07, 6.45) is 0. The van der Waals surface area contributed by atoms with Crippen molar-refractivity contribution in [3.63, 3.8) is 0 Å². The van der Waals surface area contributed by atoms with Crippen LogP contribution in [0.5, 0.6) is 5.75 Å². The molecule has 0 unspecified atom stereocenters. The molecule has 0 fully saturated rings. The van der Waals surface area contributed by atoms with Crippen LogP contribution in [0, 0.1) is 5.92 Å². The minimum absolute atomic E-state index is 0.000542. The predicted molar refractivity (Wildman–Crippen MR) is 89.0 cm³/mol. The van der Waals surface area contributed by atoms with E-state index in [2.05, 4.69) is 5.32 Å². The first kappa shape index (κ1) is 16.1. The monoisotopic (exact) mass is 328 g/mol. The van der Waals surface area contributed by atoms with Gasteiger partial charge in [-0.1, -0.05) is 26.0 Å². The van der Waals surface area contributed by atoms with E-state index >= 15 is 0 Å². The molecule has 24 heavy (non-hydrogen) atoms. The highest BCUT2D eigenvalue weighted by molar-refractivity contribution is 5.97. The molecular formula is C18H20N2O4. The standard InChI is InChI=1S/C18H20N2O4/c1-12(2)9-19-18(22)16-8-7-13(24-16)10-20-14-5-3-4-6-15(14)23-11-17(20)21/h3-8,12H,9-11H2,1-2H3,(H,19,22). The Labute approximate surface area is 140 Å². The number of para-hydroxylation sites is 2. The van der Waals surface area contributed by atoms with Crippen molar-refractivity contribution < 1.29 is 18.7 Å². The maximum Gasteiger partial charge on any atom is 0.287 e. The number of ether oxygens (including phenoxy) is 1. The molecular weight excluding hydrogens is 308 g/mol. The van der Waals surface area contributed by atoms with Gasteiger partial charge in [0.25, 0.3) is 11.8 Å². The molecule has 6 heteroatoms. The molecule has 0 saturated carbocycles. The van der Waals surface area contributed by atoms with Crippen molar-refractivity contribution in [2.45, 2.75) is 20.4 Å². The van der Waals surface area contributed by atoms with E-state index in [1.807, 2.05) is 38.1 Å². The normalized spacial score (nSPS) is 13.6. The summed E-state index contributed by atoms with van der Waals surface area (Å²) in [7, 11) is 0. The van der Waals surface area contributed by atoms with Crippen LogP contribution in [0.25, 0.3) is 0 Å². The summed E-state index contributed by atoms with van der Waals surface area (Å²) in [4.78, 5) is 25.8. The zero-order valence-electron chi connectivity index (χ0n) is 13.7. The van der Waals surface area contributed by atoms with Crippen molar-refractivity contribution in [3.05, 3.63) is 47.9 Å².